The zero-order chi connectivity index (χ0) is 22.9. The molecule has 30 heavy (non-hydrogen) atoms. The van der Waals surface area contributed by atoms with E-state index in [0.29, 0.717) is 12.5 Å². The number of carboxylic acid groups (broad SMARTS) is 2. The van der Waals surface area contributed by atoms with Gasteiger partial charge in [0.15, 0.2) is 0 Å². The molecule has 0 aromatic carbocycles. The van der Waals surface area contributed by atoms with Crippen molar-refractivity contribution in [3.63, 3.8) is 0 Å². The molecule has 5 heteroatoms. The van der Waals surface area contributed by atoms with Crippen molar-refractivity contribution in [3.8, 4) is 0 Å². The SMILES string of the molecule is CCCCCCCCCCCCCC(=CC(=O)[O-])C(=O)[O-].CCC[CH2][Sn+2][CH2]CCC. The Morgan fingerprint density at radius 3 is 1.40 bits per heavy atom. The maximum absolute atomic E-state index is 10.7. The molecule has 0 N–H and O–H groups in total. The van der Waals surface area contributed by atoms with Crippen molar-refractivity contribution < 1.29 is 19.8 Å². The Bertz CT molecular complexity index is 415. The third-order valence-corrected chi connectivity index (χ3v) is 9.05. The Morgan fingerprint density at radius 2 is 1.03 bits per heavy atom. The monoisotopic (exact) mass is 530 g/mol. The first kappa shape index (κ1) is 31.7. The molecule has 0 aromatic heterocycles. The predicted octanol–water partition coefficient (Wildman–Crippen LogP) is 5.24. The molecule has 0 radical (unpaired) electrons. The molecule has 0 saturated carbocycles. The number of hydrogen-bond donors (Lipinski definition) is 0. The third kappa shape index (κ3) is 27.5. The van der Waals surface area contributed by atoms with Gasteiger partial charge < -0.3 is 19.8 Å². The van der Waals surface area contributed by atoms with Crippen molar-refractivity contribution in [1.29, 1.82) is 0 Å². The molecule has 0 aromatic rings. The van der Waals surface area contributed by atoms with E-state index in [4.69, 9.17) is 0 Å². The van der Waals surface area contributed by atoms with Crippen molar-refractivity contribution in [3.05, 3.63) is 11.6 Å². The topological polar surface area (TPSA) is 80.3 Å². The fraction of sp³-hybridized carbons (Fsp3) is 0.840. The van der Waals surface area contributed by atoms with Gasteiger partial charge in [0, 0.05) is 0 Å². The summed E-state index contributed by atoms with van der Waals surface area (Å²) in [6, 6.07) is 0. The van der Waals surface area contributed by atoms with Crippen molar-refractivity contribution in [2.24, 2.45) is 0 Å². The average Bonchev–Trinajstić information content (AvgIpc) is 2.71. The summed E-state index contributed by atoms with van der Waals surface area (Å²) in [7, 11) is 0. The van der Waals surface area contributed by atoms with E-state index < -0.39 is 11.9 Å². The first-order valence-electron chi connectivity index (χ1n) is 12.3. The molecular formula is C25H46O4Sn. The number of hydrogen-bond acceptors (Lipinski definition) is 4. The van der Waals surface area contributed by atoms with Crippen LogP contribution in [0.5, 0.6) is 0 Å². The normalized spacial score (nSPS) is 10.8. The summed E-state index contributed by atoms with van der Waals surface area (Å²) in [5.74, 6) is -2.89. The fourth-order valence-electron chi connectivity index (χ4n) is 3.08. The maximum atomic E-state index is 10.7. The molecule has 0 aliphatic heterocycles. The molecule has 0 amide bonds. The van der Waals surface area contributed by atoms with Crippen LogP contribution in [0.3, 0.4) is 0 Å². The number of carbonyl (C=O) groups is 2. The molecule has 0 bridgehead atoms. The standard InChI is InChI=1S/C17H30O4.2C4H9.Sn/c1-2-3-4-5-6-7-8-9-10-11-12-13-15(17(20)21)14-16(18)19;2*1-3-4-2;/h14H,2-13H2,1H3,(H,18,19)(H,20,21);2*1,3-4H2,2H3;/q;;;+2/p-2. The van der Waals surface area contributed by atoms with E-state index in [1.807, 2.05) is 0 Å². The van der Waals surface area contributed by atoms with Crippen LogP contribution in [0.4, 0.5) is 0 Å². The number of unbranched alkanes of at least 4 members (excludes halogenated alkanes) is 12. The minimum atomic E-state index is -1.47. The number of aliphatic carboxylic acids is 2. The summed E-state index contributed by atoms with van der Waals surface area (Å²) in [6.45, 7) is 6.80. The van der Waals surface area contributed by atoms with Crippen LogP contribution >= 0.6 is 0 Å². The zero-order valence-corrected chi connectivity index (χ0v) is 22.8. The van der Waals surface area contributed by atoms with E-state index in [1.165, 1.54) is 77.0 Å². The van der Waals surface area contributed by atoms with Crippen LogP contribution in [-0.2, 0) is 9.59 Å². The van der Waals surface area contributed by atoms with Gasteiger partial charge in [0.1, 0.15) is 0 Å². The molecule has 0 aliphatic carbocycles. The quantitative estimate of drug-likeness (QED) is 0.123. The van der Waals surface area contributed by atoms with E-state index in [-0.39, 0.29) is 33.1 Å². The van der Waals surface area contributed by atoms with Gasteiger partial charge in [0.05, 0.1) is 11.9 Å². The van der Waals surface area contributed by atoms with Crippen LogP contribution in [0.2, 0.25) is 8.87 Å². The van der Waals surface area contributed by atoms with Crippen molar-refractivity contribution in [2.75, 3.05) is 0 Å². The van der Waals surface area contributed by atoms with Gasteiger partial charge in [-0.15, -0.1) is 0 Å². The molecule has 0 heterocycles. The van der Waals surface area contributed by atoms with E-state index in [9.17, 15) is 19.8 Å². The van der Waals surface area contributed by atoms with Gasteiger partial charge >= 0.3 is 69.5 Å². The van der Waals surface area contributed by atoms with E-state index >= 15 is 0 Å². The number of carbonyl (C=O) groups excluding carboxylic acids is 2. The van der Waals surface area contributed by atoms with Gasteiger partial charge in [-0.3, -0.25) is 0 Å². The number of carboxylic acids is 2. The predicted molar refractivity (Wildman–Crippen MR) is 124 cm³/mol. The summed E-state index contributed by atoms with van der Waals surface area (Å²) < 4.78 is 3.25. The molecule has 0 unspecified atom stereocenters. The van der Waals surface area contributed by atoms with Crippen LogP contribution in [0.1, 0.15) is 124 Å². The molecule has 0 fully saturated rings. The van der Waals surface area contributed by atoms with E-state index in [1.54, 1.807) is 8.87 Å². The molecular weight excluding hydrogens is 483 g/mol. The molecule has 0 spiro atoms. The van der Waals surface area contributed by atoms with Gasteiger partial charge in [-0.1, -0.05) is 71.1 Å². The summed E-state index contributed by atoms with van der Waals surface area (Å²) in [5, 5.41) is 21.0. The van der Waals surface area contributed by atoms with Gasteiger partial charge in [-0.25, -0.2) is 0 Å². The van der Waals surface area contributed by atoms with Gasteiger partial charge in [0.2, 0.25) is 0 Å². The number of rotatable bonds is 20. The van der Waals surface area contributed by atoms with Gasteiger partial charge in [0.25, 0.3) is 0 Å². The molecule has 0 rings (SSSR count). The Balaban J connectivity index is 0. The summed E-state index contributed by atoms with van der Waals surface area (Å²) >= 11 is 0.149. The molecule has 174 valence electrons. The molecule has 0 atom stereocenters. The second-order valence-corrected chi connectivity index (χ2v) is 12.3. The Kier molecular flexibility index (Phi) is 28.0. The second-order valence-electron chi connectivity index (χ2n) is 8.02. The zero-order valence-electron chi connectivity index (χ0n) is 19.9. The molecule has 0 saturated heterocycles. The van der Waals surface area contributed by atoms with Crippen molar-refractivity contribution >= 4 is 33.1 Å². The van der Waals surface area contributed by atoms with Gasteiger partial charge in [-0.2, -0.15) is 0 Å². The molecule has 4 nitrogen and oxygen atoms in total. The summed E-state index contributed by atoms with van der Waals surface area (Å²) in [4.78, 5) is 21.0. The van der Waals surface area contributed by atoms with Crippen LogP contribution < -0.4 is 10.2 Å². The molecule has 0 aliphatic rings. The Labute approximate surface area is 196 Å². The van der Waals surface area contributed by atoms with Crippen LogP contribution in [0, 0.1) is 0 Å². The van der Waals surface area contributed by atoms with Crippen molar-refractivity contribution in [2.45, 2.75) is 132 Å². The third-order valence-electron chi connectivity index (χ3n) is 5.02. The van der Waals surface area contributed by atoms with E-state index in [0.717, 1.165) is 12.8 Å². The van der Waals surface area contributed by atoms with Gasteiger partial charge in [-0.05, 0) is 24.5 Å². The average molecular weight is 529 g/mol. The minimum absolute atomic E-state index is 0.149. The van der Waals surface area contributed by atoms with Crippen LogP contribution in [0.15, 0.2) is 11.6 Å². The summed E-state index contributed by atoms with van der Waals surface area (Å²) in [6.07, 6.45) is 19.7. The van der Waals surface area contributed by atoms with E-state index in [2.05, 4.69) is 20.8 Å². The fourth-order valence-corrected chi connectivity index (χ4v) is 7.24. The van der Waals surface area contributed by atoms with Crippen molar-refractivity contribution in [1.82, 2.24) is 0 Å². The second kappa shape index (κ2) is 26.5. The first-order valence-corrected chi connectivity index (χ1v) is 16.4. The first-order chi connectivity index (χ1) is 14.5. The van der Waals surface area contributed by atoms with Crippen LogP contribution in [-0.4, -0.2) is 33.1 Å². The van der Waals surface area contributed by atoms with Crippen LogP contribution in [0.25, 0.3) is 0 Å². The Hall–Kier alpha value is -0.521. The Morgan fingerprint density at radius 1 is 0.633 bits per heavy atom. The summed E-state index contributed by atoms with van der Waals surface area (Å²) in [5.41, 5.74) is -0.175.